The number of hydrogen-bond acceptors (Lipinski definition) is 3. The van der Waals surface area contributed by atoms with Gasteiger partial charge in [0.2, 0.25) is 5.78 Å². The smallest absolute Gasteiger partial charge is 0.218 e. The molecule has 2 rings (SSSR count). The summed E-state index contributed by atoms with van der Waals surface area (Å²) in [5, 5.41) is 4.12. The van der Waals surface area contributed by atoms with Gasteiger partial charge in [0.05, 0.1) is 18.9 Å². The van der Waals surface area contributed by atoms with Crippen molar-refractivity contribution in [3.8, 4) is 5.75 Å². The van der Waals surface area contributed by atoms with Crippen molar-refractivity contribution < 1.29 is 13.9 Å². The molecule has 0 aliphatic carbocycles. The van der Waals surface area contributed by atoms with Crippen molar-refractivity contribution in [2.75, 3.05) is 7.11 Å². The number of nitrogens with zero attached hydrogens (tertiary/aromatic N) is 2. The molecule has 0 fully saturated rings. The second-order valence-electron chi connectivity index (χ2n) is 4.21. The Morgan fingerprint density at radius 2 is 2.25 bits per heavy atom. The van der Waals surface area contributed by atoms with Crippen LogP contribution in [0.3, 0.4) is 0 Å². The highest BCUT2D eigenvalue weighted by Crippen LogP contribution is 2.27. The number of carbonyl (C=O) groups excluding carboxylic acids is 1. The highest BCUT2D eigenvalue weighted by atomic mass is 79.9. The molecule has 106 valence electrons. The maximum absolute atomic E-state index is 13.9. The largest absolute Gasteiger partial charge is 0.493 e. The predicted molar refractivity (Wildman–Crippen MR) is 76.6 cm³/mol. The highest BCUT2D eigenvalue weighted by molar-refractivity contribution is 9.10. The Balaban J connectivity index is 2.55. The maximum Gasteiger partial charge on any atom is 0.218 e. The van der Waals surface area contributed by atoms with E-state index in [0.717, 1.165) is 6.42 Å². The molecule has 6 heteroatoms. The summed E-state index contributed by atoms with van der Waals surface area (Å²) in [5.41, 5.74) is 0.254. The third-order valence-electron chi connectivity index (χ3n) is 2.87. The second kappa shape index (κ2) is 6.17. The monoisotopic (exact) mass is 340 g/mol. The molecule has 1 aromatic heterocycles. The minimum absolute atomic E-state index is 0.0105. The average molecular weight is 341 g/mol. The van der Waals surface area contributed by atoms with Gasteiger partial charge in [-0.05, 0) is 34.5 Å². The second-order valence-corrected chi connectivity index (χ2v) is 5.06. The van der Waals surface area contributed by atoms with Crippen molar-refractivity contribution in [2.45, 2.75) is 19.9 Å². The molecule has 0 saturated heterocycles. The lowest BCUT2D eigenvalue weighted by Gasteiger charge is -2.09. The standard InChI is InChI=1S/C14H14BrFN2O2/c1-3-7-18-13(11(20-2)8-17-18)14(19)12-9(15)5-4-6-10(12)16/h4-6,8H,3,7H2,1-2H3. The number of ketones is 1. The molecule has 0 saturated carbocycles. The Labute approximate surface area is 124 Å². The van der Waals surface area contributed by atoms with Gasteiger partial charge in [0, 0.05) is 11.0 Å². The number of aryl methyl sites for hydroxylation is 1. The van der Waals surface area contributed by atoms with Gasteiger partial charge in [-0.3, -0.25) is 9.48 Å². The van der Waals surface area contributed by atoms with Gasteiger partial charge in [0.15, 0.2) is 11.4 Å². The van der Waals surface area contributed by atoms with E-state index in [9.17, 15) is 9.18 Å². The van der Waals surface area contributed by atoms with E-state index in [1.807, 2.05) is 6.92 Å². The van der Waals surface area contributed by atoms with Gasteiger partial charge in [-0.25, -0.2) is 4.39 Å². The molecule has 0 atom stereocenters. The Hall–Kier alpha value is -1.69. The van der Waals surface area contributed by atoms with Gasteiger partial charge in [-0.2, -0.15) is 5.10 Å². The lowest BCUT2D eigenvalue weighted by Crippen LogP contribution is -2.14. The van der Waals surface area contributed by atoms with Gasteiger partial charge >= 0.3 is 0 Å². The van der Waals surface area contributed by atoms with Crippen molar-refractivity contribution in [1.82, 2.24) is 9.78 Å². The zero-order chi connectivity index (χ0) is 14.7. The zero-order valence-corrected chi connectivity index (χ0v) is 12.8. The van der Waals surface area contributed by atoms with Gasteiger partial charge in [-0.1, -0.05) is 13.0 Å². The number of halogens is 2. The molecule has 0 aliphatic heterocycles. The van der Waals surface area contributed by atoms with Gasteiger partial charge < -0.3 is 4.74 Å². The van der Waals surface area contributed by atoms with E-state index in [4.69, 9.17) is 4.74 Å². The van der Waals surface area contributed by atoms with Gasteiger partial charge in [0.1, 0.15) is 5.82 Å². The van der Waals surface area contributed by atoms with E-state index >= 15 is 0 Å². The van der Waals surface area contributed by atoms with Crippen LogP contribution >= 0.6 is 15.9 Å². The lowest BCUT2D eigenvalue weighted by molar-refractivity contribution is 0.102. The van der Waals surface area contributed by atoms with Gasteiger partial charge in [-0.15, -0.1) is 0 Å². The van der Waals surface area contributed by atoms with Crippen LogP contribution in [0.2, 0.25) is 0 Å². The van der Waals surface area contributed by atoms with Gasteiger partial charge in [0.25, 0.3) is 0 Å². The van der Waals surface area contributed by atoms with Crippen molar-refractivity contribution in [2.24, 2.45) is 0 Å². The predicted octanol–water partition coefficient (Wildman–Crippen LogP) is 3.43. The summed E-state index contributed by atoms with van der Waals surface area (Å²) in [6.07, 6.45) is 2.28. The molecule has 2 aromatic rings. The number of hydrogen-bond donors (Lipinski definition) is 0. The summed E-state index contributed by atoms with van der Waals surface area (Å²) < 4.78 is 21.0. The molecular weight excluding hydrogens is 327 g/mol. The Morgan fingerprint density at radius 3 is 2.85 bits per heavy atom. The molecule has 1 heterocycles. The van der Waals surface area contributed by atoms with Crippen LogP contribution in [0.5, 0.6) is 5.75 Å². The lowest BCUT2D eigenvalue weighted by atomic mass is 10.1. The first-order chi connectivity index (χ1) is 9.60. The van der Waals surface area contributed by atoms with Crippen LogP contribution in [0.15, 0.2) is 28.9 Å². The molecule has 0 amide bonds. The molecule has 0 aliphatic rings. The Kier molecular flexibility index (Phi) is 4.54. The highest BCUT2D eigenvalue weighted by Gasteiger charge is 2.25. The fourth-order valence-corrected chi connectivity index (χ4v) is 2.48. The number of carbonyl (C=O) groups is 1. The molecular formula is C14H14BrFN2O2. The number of methoxy groups -OCH3 is 1. The summed E-state index contributed by atoms with van der Waals surface area (Å²) in [7, 11) is 1.46. The van der Waals surface area contributed by atoms with Crippen LogP contribution in [0.1, 0.15) is 29.4 Å². The van der Waals surface area contributed by atoms with Crippen molar-refractivity contribution in [3.63, 3.8) is 0 Å². The van der Waals surface area contributed by atoms with E-state index in [1.165, 1.54) is 25.4 Å². The maximum atomic E-state index is 13.9. The fraction of sp³-hybridized carbons (Fsp3) is 0.286. The van der Waals surface area contributed by atoms with E-state index in [1.54, 1.807) is 10.7 Å². The first-order valence-corrected chi connectivity index (χ1v) is 6.98. The number of aromatic nitrogens is 2. The molecule has 0 N–H and O–H groups in total. The van der Waals surface area contributed by atoms with Crippen LogP contribution in [0.25, 0.3) is 0 Å². The van der Waals surface area contributed by atoms with E-state index in [2.05, 4.69) is 21.0 Å². The molecule has 0 unspecified atom stereocenters. The van der Waals surface area contributed by atoms with Crippen molar-refractivity contribution >= 4 is 21.7 Å². The summed E-state index contributed by atoms with van der Waals surface area (Å²) in [6, 6.07) is 4.42. The Morgan fingerprint density at radius 1 is 1.50 bits per heavy atom. The number of ether oxygens (including phenoxy) is 1. The SMILES string of the molecule is CCCn1ncc(OC)c1C(=O)c1c(F)cccc1Br. The topological polar surface area (TPSA) is 44.1 Å². The van der Waals surface area contributed by atoms with Crippen LogP contribution < -0.4 is 4.74 Å². The third kappa shape index (κ3) is 2.60. The summed E-state index contributed by atoms with van der Waals surface area (Å²) in [4.78, 5) is 12.6. The van der Waals surface area contributed by atoms with E-state index in [-0.39, 0.29) is 11.3 Å². The van der Waals surface area contributed by atoms with Crippen LogP contribution in [-0.4, -0.2) is 22.7 Å². The zero-order valence-electron chi connectivity index (χ0n) is 11.2. The average Bonchev–Trinajstić information content (AvgIpc) is 2.81. The molecule has 1 aromatic carbocycles. The summed E-state index contributed by atoms with van der Waals surface area (Å²) in [5.74, 6) is -0.674. The third-order valence-corrected chi connectivity index (χ3v) is 3.53. The van der Waals surface area contributed by atoms with Crippen molar-refractivity contribution in [1.29, 1.82) is 0 Å². The molecule has 0 spiro atoms. The minimum Gasteiger partial charge on any atom is -0.493 e. The normalized spacial score (nSPS) is 10.6. The molecule has 0 radical (unpaired) electrons. The summed E-state index contributed by atoms with van der Waals surface area (Å²) >= 11 is 3.21. The van der Waals surface area contributed by atoms with Crippen LogP contribution in [0.4, 0.5) is 4.39 Å². The molecule has 20 heavy (non-hydrogen) atoms. The van der Waals surface area contributed by atoms with Crippen LogP contribution in [0, 0.1) is 5.82 Å². The van der Waals surface area contributed by atoms with E-state index in [0.29, 0.717) is 16.8 Å². The van der Waals surface area contributed by atoms with Crippen LogP contribution in [-0.2, 0) is 6.54 Å². The van der Waals surface area contributed by atoms with Crippen molar-refractivity contribution in [3.05, 3.63) is 45.9 Å². The quantitative estimate of drug-likeness (QED) is 0.783. The Bertz CT molecular complexity index is 620. The molecule has 0 bridgehead atoms. The number of rotatable bonds is 5. The summed E-state index contributed by atoms with van der Waals surface area (Å²) in [6.45, 7) is 2.54. The fourth-order valence-electron chi connectivity index (χ4n) is 1.96. The number of benzene rings is 1. The first kappa shape index (κ1) is 14.7. The van der Waals surface area contributed by atoms with E-state index < -0.39 is 11.6 Å². The first-order valence-electron chi connectivity index (χ1n) is 6.18. The minimum atomic E-state index is -0.573. The molecule has 4 nitrogen and oxygen atoms in total.